The van der Waals surface area contributed by atoms with Crippen LogP contribution in [0.1, 0.15) is 23.2 Å². The van der Waals surface area contributed by atoms with Gasteiger partial charge in [-0.3, -0.25) is 4.79 Å². The van der Waals surface area contributed by atoms with E-state index < -0.39 is 5.82 Å². The molecule has 0 saturated heterocycles. The number of rotatable bonds is 4. The summed E-state index contributed by atoms with van der Waals surface area (Å²) in [5.41, 5.74) is 1.31. The topological polar surface area (TPSA) is 68.0 Å². The summed E-state index contributed by atoms with van der Waals surface area (Å²) in [5.74, 6) is 0.171. The Labute approximate surface area is 132 Å². The number of aromatic nitrogens is 2. The SMILES string of the molecule is CCc1nc(-c2ccc(C(=O)Nc3ccccc3F)cc2)no1. The van der Waals surface area contributed by atoms with Crippen LogP contribution in [0.5, 0.6) is 0 Å². The van der Waals surface area contributed by atoms with Gasteiger partial charge in [0, 0.05) is 17.5 Å². The Morgan fingerprint density at radius 2 is 1.91 bits per heavy atom. The predicted octanol–water partition coefficient (Wildman–Crippen LogP) is 3.69. The molecule has 0 radical (unpaired) electrons. The fraction of sp³-hybridized carbons (Fsp3) is 0.118. The fourth-order valence-corrected chi connectivity index (χ4v) is 2.04. The van der Waals surface area contributed by atoms with Crippen molar-refractivity contribution in [1.82, 2.24) is 10.1 Å². The van der Waals surface area contributed by atoms with Gasteiger partial charge in [0.05, 0.1) is 5.69 Å². The van der Waals surface area contributed by atoms with E-state index in [0.29, 0.717) is 23.7 Å². The largest absolute Gasteiger partial charge is 0.339 e. The van der Waals surface area contributed by atoms with Crippen molar-refractivity contribution in [3.05, 3.63) is 65.8 Å². The van der Waals surface area contributed by atoms with Crippen molar-refractivity contribution in [3.63, 3.8) is 0 Å². The van der Waals surface area contributed by atoms with E-state index in [9.17, 15) is 9.18 Å². The molecular weight excluding hydrogens is 297 g/mol. The molecule has 23 heavy (non-hydrogen) atoms. The quantitative estimate of drug-likeness (QED) is 0.798. The maximum absolute atomic E-state index is 13.5. The second kappa shape index (κ2) is 6.39. The van der Waals surface area contributed by atoms with Gasteiger partial charge in [-0.05, 0) is 24.3 Å². The molecule has 0 atom stereocenters. The first-order valence-corrected chi connectivity index (χ1v) is 7.16. The van der Waals surface area contributed by atoms with Crippen molar-refractivity contribution in [2.45, 2.75) is 13.3 Å². The monoisotopic (exact) mass is 311 g/mol. The molecule has 0 bridgehead atoms. The Balaban J connectivity index is 1.76. The van der Waals surface area contributed by atoms with Gasteiger partial charge in [-0.2, -0.15) is 4.98 Å². The van der Waals surface area contributed by atoms with Crippen LogP contribution in [-0.4, -0.2) is 16.0 Å². The molecule has 2 aromatic carbocycles. The van der Waals surface area contributed by atoms with Crippen LogP contribution >= 0.6 is 0 Å². The zero-order valence-electron chi connectivity index (χ0n) is 12.4. The Morgan fingerprint density at radius 3 is 2.57 bits per heavy atom. The van der Waals surface area contributed by atoms with E-state index in [0.717, 1.165) is 5.56 Å². The number of amides is 1. The van der Waals surface area contributed by atoms with E-state index in [-0.39, 0.29) is 11.6 Å². The first-order valence-electron chi connectivity index (χ1n) is 7.16. The average Bonchev–Trinajstić information content (AvgIpc) is 3.06. The predicted molar refractivity (Wildman–Crippen MR) is 83.5 cm³/mol. The standard InChI is InChI=1S/C17H14FN3O2/c1-2-15-20-16(21-23-15)11-7-9-12(10-8-11)17(22)19-14-6-4-3-5-13(14)18/h3-10H,2H2,1H3,(H,19,22). The molecule has 0 aliphatic heterocycles. The van der Waals surface area contributed by atoms with Crippen molar-refractivity contribution in [3.8, 4) is 11.4 Å². The molecular formula is C17H14FN3O2. The highest BCUT2D eigenvalue weighted by atomic mass is 19.1. The molecule has 1 N–H and O–H groups in total. The van der Waals surface area contributed by atoms with Crippen molar-refractivity contribution in [2.75, 3.05) is 5.32 Å². The highest BCUT2D eigenvalue weighted by Gasteiger charge is 2.11. The van der Waals surface area contributed by atoms with Gasteiger partial charge in [0.2, 0.25) is 11.7 Å². The average molecular weight is 311 g/mol. The summed E-state index contributed by atoms with van der Waals surface area (Å²) >= 11 is 0. The third kappa shape index (κ3) is 3.26. The molecule has 3 rings (SSSR count). The minimum Gasteiger partial charge on any atom is -0.339 e. The van der Waals surface area contributed by atoms with E-state index in [1.807, 2.05) is 6.92 Å². The van der Waals surface area contributed by atoms with Gasteiger partial charge in [0.1, 0.15) is 5.82 Å². The number of para-hydroxylation sites is 1. The number of nitrogens with one attached hydrogen (secondary N) is 1. The van der Waals surface area contributed by atoms with Gasteiger partial charge >= 0.3 is 0 Å². The minimum atomic E-state index is -0.476. The molecule has 1 heterocycles. The number of anilines is 1. The van der Waals surface area contributed by atoms with Crippen molar-refractivity contribution in [2.24, 2.45) is 0 Å². The molecule has 1 amide bonds. The second-order valence-corrected chi connectivity index (χ2v) is 4.88. The molecule has 0 aliphatic carbocycles. The third-order valence-electron chi connectivity index (χ3n) is 3.30. The third-order valence-corrected chi connectivity index (χ3v) is 3.30. The van der Waals surface area contributed by atoms with E-state index in [1.54, 1.807) is 36.4 Å². The number of aryl methyl sites for hydroxylation is 1. The second-order valence-electron chi connectivity index (χ2n) is 4.88. The lowest BCUT2D eigenvalue weighted by molar-refractivity contribution is 0.102. The smallest absolute Gasteiger partial charge is 0.255 e. The van der Waals surface area contributed by atoms with Gasteiger partial charge in [0.25, 0.3) is 5.91 Å². The number of carbonyl (C=O) groups excluding carboxylic acids is 1. The number of halogens is 1. The molecule has 6 heteroatoms. The molecule has 0 spiro atoms. The lowest BCUT2D eigenvalue weighted by atomic mass is 10.1. The summed E-state index contributed by atoms with van der Waals surface area (Å²) in [5, 5.41) is 6.41. The zero-order valence-corrected chi connectivity index (χ0v) is 12.4. The maximum Gasteiger partial charge on any atom is 0.255 e. The molecule has 0 saturated carbocycles. The molecule has 0 fully saturated rings. The number of carbonyl (C=O) groups is 1. The van der Waals surface area contributed by atoms with E-state index in [1.165, 1.54) is 12.1 Å². The number of hydrogen-bond acceptors (Lipinski definition) is 4. The van der Waals surface area contributed by atoms with Crippen molar-refractivity contribution in [1.29, 1.82) is 0 Å². The summed E-state index contributed by atoms with van der Waals surface area (Å²) in [6, 6.07) is 12.7. The van der Waals surface area contributed by atoms with Crippen LogP contribution < -0.4 is 5.32 Å². The van der Waals surface area contributed by atoms with Crippen molar-refractivity contribution >= 4 is 11.6 Å². The van der Waals surface area contributed by atoms with Crippen LogP contribution in [0.2, 0.25) is 0 Å². The lowest BCUT2D eigenvalue weighted by Crippen LogP contribution is -2.12. The molecule has 3 aromatic rings. The number of hydrogen-bond donors (Lipinski definition) is 1. The van der Waals surface area contributed by atoms with E-state index in [4.69, 9.17) is 4.52 Å². The van der Waals surface area contributed by atoms with Crippen molar-refractivity contribution < 1.29 is 13.7 Å². The first kappa shape index (κ1) is 14.9. The van der Waals surface area contributed by atoms with Crippen LogP contribution in [0.3, 0.4) is 0 Å². The first-order chi connectivity index (χ1) is 11.2. The number of nitrogens with zero attached hydrogens (tertiary/aromatic N) is 2. The zero-order chi connectivity index (χ0) is 16.2. The lowest BCUT2D eigenvalue weighted by Gasteiger charge is -2.06. The highest BCUT2D eigenvalue weighted by Crippen LogP contribution is 2.18. The van der Waals surface area contributed by atoms with Crippen LogP contribution in [-0.2, 0) is 6.42 Å². The van der Waals surface area contributed by atoms with E-state index in [2.05, 4.69) is 15.5 Å². The van der Waals surface area contributed by atoms with Crippen LogP contribution in [0.15, 0.2) is 53.1 Å². The van der Waals surface area contributed by atoms with Crippen LogP contribution in [0.4, 0.5) is 10.1 Å². The Hall–Kier alpha value is -3.02. The van der Waals surface area contributed by atoms with Gasteiger partial charge in [0.15, 0.2) is 0 Å². The Morgan fingerprint density at radius 1 is 1.17 bits per heavy atom. The normalized spacial score (nSPS) is 10.5. The molecule has 5 nitrogen and oxygen atoms in total. The maximum atomic E-state index is 13.5. The fourth-order valence-electron chi connectivity index (χ4n) is 2.04. The molecule has 0 unspecified atom stereocenters. The highest BCUT2D eigenvalue weighted by molar-refractivity contribution is 6.04. The van der Waals surface area contributed by atoms with Gasteiger partial charge in [-0.15, -0.1) is 0 Å². The Kier molecular flexibility index (Phi) is 4.14. The molecule has 116 valence electrons. The summed E-state index contributed by atoms with van der Waals surface area (Å²) in [6.45, 7) is 1.92. The Bertz CT molecular complexity index is 828. The molecule has 0 aliphatic rings. The minimum absolute atomic E-state index is 0.146. The van der Waals surface area contributed by atoms with Crippen LogP contribution in [0, 0.1) is 5.82 Å². The summed E-state index contributed by atoms with van der Waals surface area (Å²) < 4.78 is 18.6. The van der Waals surface area contributed by atoms with Crippen LogP contribution in [0.25, 0.3) is 11.4 Å². The van der Waals surface area contributed by atoms with Gasteiger partial charge in [-0.25, -0.2) is 4.39 Å². The number of benzene rings is 2. The van der Waals surface area contributed by atoms with E-state index >= 15 is 0 Å². The summed E-state index contributed by atoms with van der Waals surface area (Å²) in [4.78, 5) is 16.4. The summed E-state index contributed by atoms with van der Waals surface area (Å²) in [6.07, 6.45) is 0.663. The molecule has 1 aromatic heterocycles. The summed E-state index contributed by atoms with van der Waals surface area (Å²) in [7, 11) is 0. The van der Waals surface area contributed by atoms with Gasteiger partial charge in [-0.1, -0.05) is 36.3 Å². The van der Waals surface area contributed by atoms with Gasteiger partial charge < -0.3 is 9.84 Å².